The van der Waals surface area contributed by atoms with Crippen molar-refractivity contribution in [3.8, 4) is 5.75 Å². The summed E-state index contributed by atoms with van der Waals surface area (Å²) in [5, 5.41) is 0. The second kappa shape index (κ2) is 8.72. The molecule has 0 amide bonds. The zero-order chi connectivity index (χ0) is 20.4. The Morgan fingerprint density at radius 2 is 1.96 bits per heavy atom. The lowest BCUT2D eigenvalue weighted by molar-refractivity contribution is -0.305. The van der Waals surface area contributed by atoms with E-state index in [4.69, 9.17) is 18.9 Å². The second-order valence-corrected chi connectivity index (χ2v) is 8.02. The van der Waals surface area contributed by atoms with Crippen LogP contribution in [-0.2, 0) is 23.8 Å². The van der Waals surface area contributed by atoms with Gasteiger partial charge in [-0.1, -0.05) is 13.8 Å². The van der Waals surface area contributed by atoms with Crippen LogP contribution in [0.4, 0.5) is 4.39 Å². The molecule has 0 bridgehead atoms. The Kier molecular flexibility index (Phi) is 7.07. The number of rotatable bonds is 5. The molecule has 0 saturated carbocycles. The summed E-state index contributed by atoms with van der Waals surface area (Å²) in [5.41, 5.74) is -1.45. The summed E-state index contributed by atoms with van der Waals surface area (Å²) in [6.07, 6.45) is -1.67. The molecule has 150 valence electrons. The van der Waals surface area contributed by atoms with Crippen molar-refractivity contribution in [2.24, 2.45) is 5.92 Å². The van der Waals surface area contributed by atoms with E-state index in [0.717, 1.165) is 0 Å². The van der Waals surface area contributed by atoms with Crippen molar-refractivity contribution >= 4 is 34.5 Å². The fraction of sp³-hybridized carbons (Fsp3) is 0.579. The van der Waals surface area contributed by atoms with Crippen LogP contribution in [0.3, 0.4) is 0 Å². The molecule has 8 heteroatoms. The number of esters is 2. The monoisotopic (exact) mass is 494 g/mol. The summed E-state index contributed by atoms with van der Waals surface area (Å²) in [7, 11) is 0. The average molecular weight is 494 g/mol. The van der Waals surface area contributed by atoms with Gasteiger partial charge in [-0.2, -0.15) is 0 Å². The normalized spacial score (nSPS) is 30.5. The first kappa shape index (κ1) is 21.9. The Morgan fingerprint density at radius 1 is 1.30 bits per heavy atom. The van der Waals surface area contributed by atoms with Crippen molar-refractivity contribution in [3.63, 3.8) is 0 Å². The topological polar surface area (TPSA) is 71.1 Å². The number of hydrogen-bond acceptors (Lipinski definition) is 6. The molecule has 5 atom stereocenters. The molecule has 0 N–H and O–H groups in total. The van der Waals surface area contributed by atoms with Crippen LogP contribution in [-0.4, -0.2) is 36.0 Å². The number of benzene rings is 1. The SMILES string of the molecule is CC[C@H]1O[C@H](Oc2ccc(I)cc2F)[C@@](C)(OC(C)=O)[C@@H](OC(C)=O)[C@@H]1C. The summed E-state index contributed by atoms with van der Waals surface area (Å²) in [6, 6.07) is 4.49. The first-order valence-electron chi connectivity index (χ1n) is 8.72. The van der Waals surface area contributed by atoms with Gasteiger partial charge in [-0.05, 0) is 54.1 Å². The van der Waals surface area contributed by atoms with Crippen LogP contribution < -0.4 is 4.74 Å². The molecule has 6 nitrogen and oxygen atoms in total. The fourth-order valence-electron chi connectivity index (χ4n) is 3.39. The quantitative estimate of drug-likeness (QED) is 0.458. The van der Waals surface area contributed by atoms with Crippen LogP contribution in [0.2, 0.25) is 0 Å². The van der Waals surface area contributed by atoms with Gasteiger partial charge >= 0.3 is 11.9 Å². The Balaban J connectivity index is 2.45. The molecule has 0 aromatic heterocycles. The molecule has 0 unspecified atom stereocenters. The lowest BCUT2D eigenvalue weighted by atomic mass is 9.81. The average Bonchev–Trinajstić information content (AvgIpc) is 2.55. The maximum Gasteiger partial charge on any atom is 0.303 e. The van der Waals surface area contributed by atoms with Crippen molar-refractivity contribution in [2.75, 3.05) is 0 Å². The Labute approximate surface area is 171 Å². The second-order valence-electron chi connectivity index (χ2n) is 6.77. The van der Waals surface area contributed by atoms with Crippen molar-refractivity contribution in [1.82, 2.24) is 0 Å². The first-order chi connectivity index (χ1) is 12.6. The molecule has 1 aromatic rings. The molecule has 1 aromatic carbocycles. The third-order valence-electron chi connectivity index (χ3n) is 4.58. The highest BCUT2D eigenvalue weighted by molar-refractivity contribution is 14.1. The van der Waals surface area contributed by atoms with Gasteiger partial charge < -0.3 is 18.9 Å². The summed E-state index contributed by atoms with van der Waals surface area (Å²) in [4.78, 5) is 23.4. The lowest BCUT2D eigenvalue weighted by Gasteiger charge is -2.49. The molecule has 27 heavy (non-hydrogen) atoms. The number of ether oxygens (including phenoxy) is 4. The molecule has 0 radical (unpaired) electrons. The van der Waals surface area contributed by atoms with Gasteiger partial charge in [0, 0.05) is 23.3 Å². The zero-order valence-electron chi connectivity index (χ0n) is 16.0. The third-order valence-corrected chi connectivity index (χ3v) is 5.25. The van der Waals surface area contributed by atoms with Gasteiger partial charge in [0.1, 0.15) is 0 Å². The first-order valence-corrected chi connectivity index (χ1v) is 9.80. The standard InChI is InChI=1S/C19H24FIO6/c1-6-15-10(2)17(24-11(3)22)19(5,27-12(4)23)18(25-15)26-16-8-7-13(21)9-14(16)20/h7-10,15,17-18H,6H2,1-5H3/t10-,15-,17+,18-,19+/m1/s1. The summed E-state index contributed by atoms with van der Waals surface area (Å²) < 4.78 is 37.8. The lowest BCUT2D eigenvalue weighted by Crippen LogP contribution is -2.65. The Morgan fingerprint density at radius 3 is 2.48 bits per heavy atom. The van der Waals surface area contributed by atoms with Crippen LogP contribution in [0, 0.1) is 15.3 Å². The van der Waals surface area contributed by atoms with Gasteiger partial charge in [-0.25, -0.2) is 4.39 Å². The van der Waals surface area contributed by atoms with Gasteiger partial charge in [0.05, 0.1) is 6.10 Å². The van der Waals surface area contributed by atoms with Crippen LogP contribution in [0.15, 0.2) is 18.2 Å². The maximum absolute atomic E-state index is 14.3. The summed E-state index contributed by atoms with van der Waals surface area (Å²) in [6.45, 7) is 7.87. The van der Waals surface area contributed by atoms with E-state index < -0.39 is 35.8 Å². The highest BCUT2D eigenvalue weighted by Gasteiger charge is 2.57. The summed E-state index contributed by atoms with van der Waals surface area (Å²) >= 11 is 1.99. The van der Waals surface area contributed by atoms with E-state index in [1.54, 1.807) is 13.0 Å². The minimum Gasteiger partial charge on any atom is -0.458 e. The van der Waals surface area contributed by atoms with Crippen LogP contribution in [0.25, 0.3) is 0 Å². The Bertz CT molecular complexity index is 711. The minimum absolute atomic E-state index is 0.0372. The molecule has 0 spiro atoms. The number of carbonyl (C=O) groups is 2. The zero-order valence-corrected chi connectivity index (χ0v) is 18.1. The third kappa shape index (κ3) is 4.90. The smallest absolute Gasteiger partial charge is 0.303 e. The molecule has 1 heterocycles. The molecule has 1 saturated heterocycles. The summed E-state index contributed by atoms with van der Waals surface area (Å²) in [5.74, 6) is -1.96. The molecular formula is C19H24FIO6. The Hall–Kier alpha value is -1.42. The minimum atomic E-state index is -1.45. The predicted octanol–water partition coefficient (Wildman–Crippen LogP) is 3.83. The van der Waals surface area contributed by atoms with Gasteiger partial charge in [0.2, 0.25) is 11.9 Å². The van der Waals surface area contributed by atoms with Gasteiger partial charge in [-0.3, -0.25) is 9.59 Å². The van der Waals surface area contributed by atoms with Crippen molar-refractivity contribution in [3.05, 3.63) is 27.6 Å². The number of hydrogen-bond donors (Lipinski definition) is 0. The molecule has 0 aliphatic carbocycles. The number of carbonyl (C=O) groups excluding carboxylic acids is 2. The fourth-order valence-corrected chi connectivity index (χ4v) is 3.84. The van der Waals surface area contributed by atoms with Gasteiger partial charge in [-0.15, -0.1) is 0 Å². The highest BCUT2D eigenvalue weighted by Crippen LogP contribution is 2.40. The van der Waals surface area contributed by atoms with Crippen molar-refractivity contribution < 1.29 is 32.9 Å². The van der Waals surface area contributed by atoms with E-state index in [-0.39, 0.29) is 17.8 Å². The van der Waals surface area contributed by atoms with E-state index in [1.165, 1.54) is 26.0 Å². The van der Waals surface area contributed by atoms with E-state index in [1.807, 2.05) is 36.4 Å². The molecule has 1 fully saturated rings. The van der Waals surface area contributed by atoms with Crippen molar-refractivity contribution in [1.29, 1.82) is 0 Å². The van der Waals surface area contributed by atoms with E-state index in [0.29, 0.717) is 9.99 Å². The largest absolute Gasteiger partial charge is 0.458 e. The van der Waals surface area contributed by atoms with Gasteiger partial charge in [0.25, 0.3) is 0 Å². The molecule has 2 rings (SSSR count). The van der Waals surface area contributed by atoms with Crippen LogP contribution in [0.5, 0.6) is 5.75 Å². The van der Waals surface area contributed by atoms with E-state index in [2.05, 4.69) is 0 Å². The van der Waals surface area contributed by atoms with Gasteiger partial charge in [0.15, 0.2) is 17.7 Å². The maximum atomic E-state index is 14.3. The molecule has 1 aliphatic rings. The molecule has 1 aliphatic heterocycles. The van der Waals surface area contributed by atoms with E-state index in [9.17, 15) is 14.0 Å². The van der Waals surface area contributed by atoms with Crippen molar-refractivity contribution in [2.45, 2.75) is 65.1 Å². The predicted molar refractivity (Wildman–Crippen MR) is 104 cm³/mol. The number of halogens is 2. The van der Waals surface area contributed by atoms with E-state index >= 15 is 0 Å². The van der Waals surface area contributed by atoms with Crippen LogP contribution >= 0.6 is 22.6 Å². The highest BCUT2D eigenvalue weighted by atomic mass is 127. The van der Waals surface area contributed by atoms with Crippen LogP contribution in [0.1, 0.15) is 41.0 Å². The molecular weight excluding hydrogens is 470 g/mol.